The van der Waals surface area contributed by atoms with Crippen molar-refractivity contribution in [1.29, 1.82) is 0 Å². The second-order valence-corrected chi connectivity index (χ2v) is 4.96. The fourth-order valence-electron chi connectivity index (χ4n) is 1.63. The molecule has 7 nitrogen and oxygen atoms in total. The van der Waals surface area contributed by atoms with Gasteiger partial charge in [-0.2, -0.15) is 0 Å². The molecule has 8 heteroatoms. The van der Waals surface area contributed by atoms with Gasteiger partial charge < -0.3 is 11.1 Å². The molecule has 0 unspecified atom stereocenters. The average molecular weight is 299 g/mol. The van der Waals surface area contributed by atoms with Gasteiger partial charge in [0.15, 0.2) is 16.8 Å². The standard InChI is InChI=1S/C13H13N7S/c14-10-11(18-13-15-6-7-21-13)16-8-17-12(10)20-19-9-4-2-1-3-5-9/h1-8,19H,14H2,(H2,15,16,17,18,20). The van der Waals surface area contributed by atoms with Crippen molar-refractivity contribution in [2.45, 2.75) is 0 Å². The maximum atomic E-state index is 6.05. The SMILES string of the molecule is Nc1c(NNc2ccccc2)ncnc1Nc1nccs1. The number of rotatable bonds is 5. The highest BCUT2D eigenvalue weighted by Gasteiger charge is 2.08. The number of aromatic nitrogens is 3. The van der Waals surface area contributed by atoms with Crippen molar-refractivity contribution in [1.82, 2.24) is 15.0 Å². The Morgan fingerprint density at radius 2 is 1.76 bits per heavy atom. The van der Waals surface area contributed by atoms with E-state index >= 15 is 0 Å². The van der Waals surface area contributed by atoms with E-state index in [1.165, 1.54) is 17.7 Å². The number of nitrogen functional groups attached to an aromatic ring is 1. The third kappa shape index (κ3) is 3.18. The van der Waals surface area contributed by atoms with E-state index in [4.69, 9.17) is 5.73 Å². The molecular formula is C13H13N7S. The third-order valence-corrected chi connectivity index (χ3v) is 3.33. The van der Waals surface area contributed by atoms with Crippen LogP contribution in [0.1, 0.15) is 0 Å². The van der Waals surface area contributed by atoms with Crippen molar-refractivity contribution in [2.24, 2.45) is 0 Å². The number of thiazole rings is 1. The van der Waals surface area contributed by atoms with Gasteiger partial charge in [0, 0.05) is 11.6 Å². The van der Waals surface area contributed by atoms with E-state index in [1.54, 1.807) is 6.20 Å². The van der Waals surface area contributed by atoms with Gasteiger partial charge in [-0.3, -0.25) is 10.9 Å². The van der Waals surface area contributed by atoms with Crippen molar-refractivity contribution < 1.29 is 0 Å². The molecule has 0 radical (unpaired) electrons. The Hall–Kier alpha value is -2.87. The van der Waals surface area contributed by atoms with E-state index < -0.39 is 0 Å². The molecule has 3 rings (SSSR count). The Labute approximate surface area is 125 Å². The van der Waals surface area contributed by atoms with Crippen LogP contribution in [-0.4, -0.2) is 15.0 Å². The van der Waals surface area contributed by atoms with Crippen LogP contribution in [0, 0.1) is 0 Å². The van der Waals surface area contributed by atoms with E-state index in [0.29, 0.717) is 17.3 Å². The molecule has 0 atom stereocenters. The lowest BCUT2D eigenvalue weighted by Gasteiger charge is -2.12. The molecule has 2 aromatic heterocycles. The Balaban J connectivity index is 1.74. The molecule has 0 amide bonds. The zero-order valence-electron chi connectivity index (χ0n) is 10.9. The van der Waals surface area contributed by atoms with Crippen molar-refractivity contribution in [2.75, 3.05) is 21.9 Å². The lowest BCUT2D eigenvalue weighted by atomic mass is 10.3. The summed E-state index contributed by atoms with van der Waals surface area (Å²) in [5.41, 5.74) is 13.4. The average Bonchev–Trinajstić information content (AvgIpc) is 3.02. The van der Waals surface area contributed by atoms with Crippen molar-refractivity contribution in [3.8, 4) is 0 Å². The minimum atomic E-state index is 0.413. The monoisotopic (exact) mass is 299 g/mol. The molecule has 106 valence electrons. The molecule has 5 N–H and O–H groups in total. The quantitative estimate of drug-likeness (QED) is 0.537. The summed E-state index contributed by atoms with van der Waals surface area (Å²) in [6.45, 7) is 0. The molecule has 0 aliphatic carbocycles. The van der Waals surface area contributed by atoms with Crippen LogP contribution in [-0.2, 0) is 0 Å². The minimum Gasteiger partial charge on any atom is -0.393 e. The van der Waals surface area contributed by atoms with Gasteiger partial charge in [0.2, 0.25) is 0 Å². The number of hydrazine groups is 1. The fourth-order valence-corrected chi connectivity index (χ4v) is 2.16. The number of benzene rings is 1. The molecular weight excluding hydrogens is 286 g/mol. The summed E-state index contributed by atoms with van der Waals surface area (Å²) in [5, 5.41) is 5.65. The van der Waals surface area contributed by atoms with Gasteiger partial charge >= 0.3 is 0 Å². The van der Waals surface area contributed by atoms with Gasteiger partial charge in [-0.05, 0) is 12.1 Å². The fraction of sp³-hybridized carbons (Fsp3) is 0. The molecule has 0 spiro atoms. The number of anilines is 5. The van der Waals surface area contributed by atoms with Crippen molar-refractivity contribution in [3.63, 3.8) is 0 Å². The van der Waals surface area contributed by atoms with E-state index in [-0.39, 0.29) is 0 Å². The first-order valence-electron chi connectivity index (χ1n) is 6.17. The van der Waals surface area contributed by atoms with Gasteiger partial charge in [-0.15, -0.1) is 11.3 Å². The van der Waals surface area contributed by atoms with Crippen LogP contribution in [0.3, 0.4) is 0 Å². The summed E-state index contributed by atoms with van der Waals surface area (Å²) in [4.78, 5) is 12.4. The van der Waals surface area contributed by atoms with Crippen LogP contribution < -0.4 is 21.9 Å². The molecule has 0 saturated heterocycles. The number of nitrogens with one attached hydrogen (secondary N) is 3. The van der Waals surface area contributed by atoms with Crippen molar-refractivity contribution in [3.05, 3.63) is 48.2 Å². The highest BCUT2D eigenvalue weighted by Crippen LogP contribution is 2.26. The van der Waals surface area contributed by atoms with Gasteiger partial charge in [0.1, 0.15) is 12.0 Å². The van der Waals surface area contributed by atoms with E-state index in [0.717, 1.165) is 10.8 Å². The Morgan fingerprint density at radius 1 is 0.952 bits per heavy atom. The highest BCUT2D eigenvalue weighted by molar-refractivity contribution is 7.13. The maximum Gasteiger partial charge on any atom is 0.188 e. The van der Waals surface area contributed by atoms with Crippen LogP contribution in [0.2, 0.25) is 0 Å². The first-order valence-corrected chi connectivity index (χ1v) is 7.05. The lowest BCUT2D eigenvalue weighted by Crippen LogP contribution is -2.13. The lowest BCUT2D eigenvalue weighted by molar-refractivity contribution is 1.15. The smallest absolute Gasteiger partial charge is 0.188 e. The number of nitrogens with two attached hydrogens (primary N) is 1. The molecule has 3 aromatic rings. The van der Waals surface area contributed by atoms with Gasteiger partial charge in [-0.1, -0.05) is 18.2 Å². The van der Waals surface area contributed by atoms with Crippen LogP contribution in [0.25, 0.3) is 0 Å². The summed E-state index contributed by atoms with van der Waals surface area (Å²) < 4.78 is 0. The molecule has 1 aromatic carbocycles. The summed E-state index contributed by atoms with van der Waals surface area (Å²) in [6, 6.07) is 9.67. The Kier molecular flexibility index (Phi) is 3.79. The number of nitrogens with zero attached hydrogens (tertiary/aromatic N) is 3. The molecule has 21 heavy (non-hydrogen) atoms. The van der Waals surface area contributed by atoms with E-state index in [1.807, 2.05) is 35.7 Å². The van der Waals surface area contributed by atoms with Crippen LogP contribution in [0.4, 0.5) is 28.1 Å². The van der Waals surface area contributed by atoms with Gasteiger partial charge in [0.05, 0.1) is 5.69 Å². The topological polar surface area (TPSA) is 101 Å². The summed E-state index contributed by atoms with van der Waals surface area (Å²) in [5.74, 6) is 1.00. The minimum absolute atomic E-state index is 0.413. The molecule has 0 bridgehead atoms. The van der Waals surface area contributed by atoms with Gasteiger partial charge in [0.25, 0.3) is 0 Å². The molecule has 0 aliphatic rings. The zero-order chi connectivity index (χ0) is 14.5. The van der Waals surface area contributed by atoms with Gasteiger partial charge in [-0.25, -0.2) is 15.0 Å². The maximum absolute atomic E-state index is 6.05. The molecule has 2 heterocycles. The van der Waals surface area contributed by atoms with Crippen LogP contribution in [0.15, 0.2) is 48.2 Å². The second kappa shape index (κ2) is 6.06. The molecule has 0 saturated carbocycles. The number of hydrogen-bond acceptors (Lipinski definition) is 8. The summed E-state index contributed by atoms with van der Waals surface area (Å²) in [7, 11) is 0. The summed E-state index contributed by atoms with van der Waals surface area (Å²) in [6.07, 6.45) is 3.14. The van der Waals surface area contributed by atoms with E-state index in [2.05, 4.69) is 31.1 Å². The van der Waals surface area contributed by atoms with Crippen LogP contribution >= 0.6 is 11.3 Å². The zero-order valence-corrected chi connectivity index (χ0v) is 11.8. The second-order valence-electron chi connectivity index (χ2n) is 4.06. The number of para-hydroxylation sites is 1. The predicted octanol–water partition coefficient (Wildman–Crippen LogP) is 2.70. The first kappa shape index (κ1) is 13.1. The third-order valence-electron chi connectivity index (χ3n) is 2.64. The Bertz CT molecular complexity index is 700. The molecule has 0 aliphatic heterocycles. The largest absolute Gasteiger partial charge is 0.393 e. The summed E-state index contributed by atoms with van der Waals surface area (Å²) >= 11 is 1.47. The molecule has 0 fully saturated rings. The number of hydrogen-bond donors (Lipinski definition) is 4. The predicted molar refractivity (Wildman–Crippen MR) is 85.5 cm³/mol. The van der Waals surface area contributed by atoms with E-state index in [9.17, 15) is 0 Å². The van der Waals surface area contributed by atoms with Crippen LogP contribution in [0.5, 0.6) is 0 Å². The van der Waals surface area contributed by atoms with Crippen molar-refractivity contribution >= 4 is 39.5 Å². The first-order chi connectivity index (χ1) is 10.3. The normalized spacial score (nSPS) is 10.1. The Morgan fingerprint density at radius 3 is 2.52 bits per heavy atom. The highest BCUT2D eigenvalue weighted by atomic mass is 32.1.